The Balaban J connectivity index is 2.40. The minimum absolute atomic E-state index is 0.0713. The highest BCUT2D eigenvalue weighted by atomic mass is 32.2. The van der Waals surface area contributed by atoms with E-state index in [1.165, 1.54) is 19.2 Å². The molecule has 0 aliphatic carbocycles. The predicted molar refractivity (Wildman–Crippen MR) is 85.3 cm³/mol. The van der Waals surface area contributed by atoms with E-state index in [9.17, 15) is 13.2 Å². The van der Waals surface area contributed by atoms with Gasteiger partial charge in [-0.25, -0.2) is 13.1 Å². The molecule has 1 amide bonds. The normalized spacial score (nSPS) is 11.5. The van der Waals surface area contributed by atoms with Crippen LogP contribution in [0.5, 0.6) is 5.75 Å². The first-order valence-electron chi connectivity index (χ1n) is 7.25. The quantitative estimate of drug-likeness (QED) is 0.720. The molecule has 6 nitrogen and oxygen atoms in total. The van der Waals surface area contributed by atoms with E-state index in [4.69, 9.17) is 4.74 Å². The Bertz CT molecular complexity index is 568. The van der Waals surface area contributed by atoms with Crippen LogP contribution in [0.4, 0.5) is 0 Å². The van der Waals surface area contributed by atoms with Gasteiger partial charge in [0.2, 0.25) is 15.9 Å². The van der Waals surface area contributed by atoms with E-state index in [1.807, 2.05) is 0 Å². The van der Waals surface area contributed by atoms with Gasteiger partial charge in [0.25, 0.3) is 0 Å². The summed E-state index contributed by atoms with van der Waals surface area (Å²) in [5.74, 6) is 0.954. The molecular weight excluding hydrogens is 304 g/mol. The molecule has 0 atom stereocenters. The molecule has 0 aromatic heterocycles. The number of amides is 1. The fourth-order valence-electron chi connectivity index (χ4n) is 1.73. The smallest absolute Gasteiger partial charge is 0.240 e. The van der Waals surface area contributed by atoms with Gasteiger partial charge in [0.05, 0.1) is 12.0 Å². The molecule has 0 saturated carbocycles. The monoisotopic (exact) mass is 328 g/mol. The molecule has 124 valence electrons. The van der Waals surface area contributed by atoms with Crippen molar-refractivity contribution >= 4 is 15.9 Å². The summed E-state index contributed by atoms with van der Waals surface area (Å²) in [5, 5.41) is 2.76. The molecule has 0 radical (unpaired) electrons. The van der Waals surface area contributed by atoms with Gasteiger partial charge in [-0.05, 0) is 36.6 Å². The third-order valence-electron chi connectivity index (χ3n) is 3.06. The summed E-state index contributed by atoms with van der Waals surface area (Å²) >= 11 is 0. The van der Waals surface area contributed by atoms with Gasteiger partial charge in [0.15, 0.2) is 0 Å². The van der Waals surface area contributed by atoms with Gasteiger partial charge < -0.3 is 10.1 Å². The number of methoxy groups -OCH3 is 1. The SMILES string of the molecule is COc1ccc(S(=O)(=O)NCCC(=O)NCCC(C)C)cc1. The summed E-state index contributed by atoms with van der Waals surface area (Å²) < 4.78 is 31.5. The first-order chi connectivity index (χ1) is 10.3. The number of sulfonamides is 1. The van der Waals surface area contributed by atoms with Gasteiger partial charge >= 0.3 is 0 Å². The Hall–Kier alpha value is -1.60. The molecule has 2 N–H and O–H groups in total. The summed E-state index contributed by atoms with van der Waals surface area (Å²) in [5.41, 5.74) is 0. The first-order valence-corrected chi connectivity index (χ1v) is 8.74. The lowest BCUT2D eigenvalue weighted by Crippen LogP contribution is -2.31. The summed E-state index contributed by atoms with van der Waals surface area (Å²) in [6.07, 6.45) is 1.02. The molecule has 0 aliphatic rings. The topological polar surface area (TPSA) is 84.5 Å². The van der Waals surface area contributed by atoms with Crippen molar-refractivity contribution in [3.63, 3.8) is 0 Å². The maximum atomic E-state index is 12.0. The van der Waals surface area contributed by atoms with Crippen LogP contribution >= 0.6 is 0 Å². The molecule has 0 spiro atoms. The van der Waals surface area contributed by atoms with Gasteiger partial charge in [-0.15, -0.1) is 0 Å². The summed E-state index contributed by atoms with van der Waals surface area (Å²) in [6, 6.07) is 6.08. The van der Waals surface area contributed by atoms with E-state index < -0.39 is 10.0 Å². The van der Waals surface area contributed by atoms with Crippen molar-refractivity contribution in [1.82, 2.24) is 10.0 Å². The lowest BCUT2D eigenvalue weighted by Gasteiger charge is -2.09. The number of rotatable bonds is 9. The van der Waals surface area contributed by atoms with Crippen LogP contribution in [0.2, 0.25) is 0 Å². The maximum absolute atomic E-state index is 12.0. The Kier molecular flexibility index (Phi) is 7.34. The molecule has 0 bridgehead atoms. The van der Waals surface area contributed by atoms with Crippen LogP contribution in [0.1, 0.15) is 26.7 Å². The van der Waals surface area contributed by atoms with Crippen LogP contribution in [-0.2, 0) is 14.8 Å². The highest BCUT2D eigenvalue weighted by Gasteiger charge is 2.14. The van der Waals surface area contributed by atoms with E-state index in [1.54, 1.807) is 12.1 Å². The number of carbonyl (C=O) groups is 1. The lowest BCUT2D eigenvalue weighted by atomic mass is 10.1. The van der Waals surface area contributed by atoms with E-state index in [-0.39, 0.29) is 23.8 Å². The van der Waals surface area contributed by atoms with Crippen LogP contribution < -0.4 is 14.8 Å². The first kappa shape index (κ1) is 18.4. The second-order valence-corrected chi connectivity index (χ2v) is 7.12. The van der Waals surface area contributed by atoms with Crippen LogP contribution in [0.25, 0.3) is 0 Å². The zero-order valence-corrected chi connectivity index (χ0v) is 14.1. The molecule has 0 heterocycles. The van der Waals surface area contributed by atoms with E-state index in [2.05, 4.69) is 23.9 Å². The van der Waals surface area contributed by atoms with Crippen molar-refractivity contribution in [1.29, 1.82) is 0 Å². The average molecular weight is 328 g/mol. The molecule has 0 fully saturated rings. The van der Waals surface area contributed by atoms with Gasteiger partial charge in [-0.1, -0.05) is 13.8 Å². The fourth-order valence-corrected chi connectivity index (χ4v) is 2.76. The number of hydrogen-bond acceptors (Lipinski definition) is 4. The number of hydrogen-bond donors (Lipinski definition) is 2. The van der Waals surface area contributed by atoms with Gasteiger partial charge in [-0.3, -0.25) is 4.79 Å². The largest absolute Gasteiger partial charge is 0.497 e. The highest BCUT2D eigenvalue weighted by molar-refractivity contribution is 7.89. The number of nitrogens with one attached hydrogen (secondary N) is 2. The fraction of sp³-hybridized carbons (Fsp3) is 0.533. The van der Waals surface area contributed by atoms with Crippen LogP contribution in [0, 0.1) is 5.92 Å². The van der Waals surface area contributed by atoms with Gasteiger partial charge in [0.1, 0.15) is 5.75 Å². The van der Waals surface area contributed by atoms with Crippen molar-refractivity contribution in [2.45, 2.75) is 31.6 Å². The molecule has 1 aromatic carbocycles. The van der Waals surface area contributed by atoms with E-state index in [0.717, 1.165) is 6.42 Å². The molecule has 0 aliphatic heterocycles. The van der Waals surface area contributed by atoms with E-state index >= 15 is 0 Å². The number of ether oxygens (including phenoxy) is 1. The standard InChI is InChI=1S/C15H24N2O4S/c1-12(2)8-10-16-15(18)9-11-17-22(19,20)14-6-4-13(21-3)5-7-14/h4-7,12,17H,8-11H2,1-3H3,(H,16,18). The second kappa shape index (κ2) is 8.75. The summed E-state index contributed by atoms with van der Waals surface area (Å²) in [7, 11) is -2.09. The molecule has 0 unspecified atom stereocenters. The highest BCUT2D eigenvalue weighted by Crippen LogP contribution is 2.15. The molecule has 7 heteroatoms. The molecule has 1 rings (SSSR count). The average Bonchev–Trinajstić information content (AvgIpc) is 2.46. The zero-order valence-electron chi connectivity index (χ0n) is 13.3. The van der Waals surface area contributed by atoms with Crippen molar-refractivity contribution in [3.8, 4) is 5.75 Å². The van der Waals surface area contributed by atoms with Crippen molar-refractivity contribution in [2.75, 3.05) is 20.2 Å². The van der Waals surface area contributed by atoms with Gasteiger partial charge in [-0.2, -0.15) is 0 Å². The molecule has 1 aromatic rings. The lowest BCUT2D eigenvalue weighted by molar-refractivity contribution is -0.120. The Labute approximate surface area is 132 Å². The van der Waals surface area contributed by atoms with Crippen molar-refractivity contribution < 1.29 is 17.9 Å². The van der Waals surface area contributed by atoms with Crippen molar-refractivity contribution in [3.05, 3.63) is 24.3 Å². The Morgan fingerprint density at radius 3 is 2.36 bits per heavy atom. The minimum Gasteiger partial charge on any atom is -0.497 e. The summed E-state index contributed by atoms with van der Waals surface area (Å²) in [6.45, 7) is 4.84. The summed E-state index contributed by atoms with van der Waals surface area (Å²) in [4.78, 5) is 11.7. The van der Waals surface area contributed by atoms with Crippen LogP contribution in [0.3, 0.4) is 0 Å². The third-order valence-corrected chi connectivity index (χ3v) is 4.53. The van der Waals surface area contributed by atoms with Crippen molar-refractivity contribution in [2.24, 2.45) is 5.92 Å². The van der Waals surface area contributed by atoms with Crippen LogP contribution in [0.15, 0.2) is 29.2 Å². The Morgan fingerprint density at radius 2 is 1.82 bits per heavy atom. The maximum Gasteiger partial charge on any atom is 0.240 e. The Morgan fingerprint density at radius 1 is 1.18 bits per heavy atom. The predicted octanol–water partition coefficient (Wildman–Crippen LogP) is 1.53. The van der Waals surface area contributed by atoms with Gasteiger partial charge in [0, 0.05) is 19.5 Å². The second-order valence-electron chi connectivity index (χ2n) is 5.36. The van der Waals surface area contributed by atoms with E-state index in [0.29, 0.717) is 18.2 Å². The number of benzene rings is 1. The number of carbonyl (C=O) groups excluding carboxylic acids is 1. The molecular formula is C15H24N2O4S. The zero-order chi connectivity index (χ0) is 16.6. The van der Waals surface area contributed by atoms with Crippen LogP contribution in [-0.4, -0.2) is 34.5 Å². The molecule has 22 heavy (non-hydrogen) atoms. The molecule has 0 saturated heterocycles. The third kappa shape index (κ3) is 6.44. The minimum atomic E-state index is -3.60.